The molecule has 2 unspecified atom stereocenters. The Morgan fingerprint density at radius 1 is 1.32 bits per heavy atom. The van der Waals surface area contributed by atoms with Gasteiger partial charge in [-0.3, -0.25) is 4.98 Å². The highest BCUT2D eigenvalue weighted by molar-refractivity contribution is 5.20. The van der Waals surface area contributed by atoms with Crippen LogP contribution < -0.4 is 5.32 Å². The molecule has 3 heteroatoms. The van der Waals surface area contributed by atoms with Crippen LogP contribution in [0.15, 0.2) is 18.5 Å². The Hall–Kier alpha value is -0.930. The molecule has 19 heavy (non-hydrogen) atoms. The Balaban J connectivity index is 0.000000550. The molecule has 1 aromatic rings. The molecular formula is C16H28N2O. The van der Waals surface area contributed by atoms with Crippen molar-refractivity contribution >= 4 is 0 Å². The molecule has 0 radical (unpaired) electrons. The zero-order chi connectivity index (χ0) is 14.1. The van der Waals surface area contributed by atoms with Gasteiger partial charge in [0.15, 0.2) is 0 Å². The molecule has 3 nitrogen and oxygen atoms in total. The molecule has 0 aliphatic carbocycles. The van der Waals surface area contributed by atoms with E-state index in [-0.39, 0.29) is 6.04 Å². The molecule has 1 fully saturated rings. The van der Waals surface area contributed by atoms with Crippen molar-refractivity contribution in [1.82, 2.24) is 10.3 Å². The Kier molecular flexibility index (Phi) is 7.68. The van der Waals surface area contributed by atoms with Crippen LogP contribution in [0.4, 0.5) is 0 Å². The van der Waals surface area contributed by atoms with E-state index in [9.17, 15) is 5.11 Å². The van der Waals surface area contributed by atoms with Crippen molar-refractivity contribution in [2.75, 3.05) is 6.54 Å². The fraction of sp³-hybridized carbons (Fsp3) is 0.688. The number of aromatic nitrogens is 1. The summed E-state index contributed by atoms with van der Waals surface area (Å²) in [6.07, 6.45) is 9.15. The largest absolute Gasteiger partial charge is 0.387 e. The molecule has 0 amide bonds. The predicted octanol–water partition coefficient (Wildman–Crippen LogP) is 3.37. The second-order valence-corrected chi connectivity index (χ2v) is 5.36. The zero-order valence-corrected chi connectivity index (χ0v) is 12.5. The van der Waals surface area contributed by atoms with Gasteiger partial charge in [-0.05, 0) is 31.9 Å². The minimum absolute atomic E-state index is 0.186. The van der Waals surface area contributed by atoms with E-state index in [1.807, 2.05) is 19.2 Å². The lowest BCUT2D eigenvalue weighted by atomic mass is 9.99. The molecule has 1 saturated heterocycles. The quantitative estimate of drug-likeness (QED) is 0.861. The summed E-state index contributed by atoms with van der Waals surface area (Å²) in [6, 6.07) is 2.20. The highest BCUT2D eigenvalue weighted by Gasteiger charge is 2.21. The number of aliphatic hydroxyl groups is 1. The third-order valence-electron chi connectivity index (χ3n) is 3.22. The molecule has 1 aliphatic heterocycles. The van der Waals surface area contributed by atoms with Gasteiger partial charge in [0, 0.05) is 24.0 Å². The Bertz CT molecular complexity index is 346. The Morgan fingerprint density at radius 3 is 2.74 bits per heavy atom. The number of hydrogen-bond acceptors (Lipinski definition) is 3. The van der Waals surface area contributed by atoms with Crippen LogP contribution in [-0.4, -0.2) is 22.7 Å². The SMILES string of the molecule is CCC.Cc1cncc(C(O)C2CCCCCN2)c1. The van der Waals surface area contributed by atoms with Gasteiger partial charge in [0.25, 0.3) is 0 Å². The van der Waals surface area contributed by atoms with Crippen LogP contribution in [0.3, 0.4) is 0 Å². The van der Waals surface area contributed by atoms with E-state index in [4.69, 9.17) is 0 Å². The summed E-state index contributed by atoms with van der Waals surface area (Å²) in [4.78, 5) is 4.14. The lowest BCUT2D eigenvalue weighted by molar-refractivity contribution is 0.126. The van der Waals surface area contributed by atoms with Crippen LogP contribution in [0, 0.1) is 6.92 Å². The number of aliphatic hydroxyl groups excluding tert-OH is 1. The van der Waals surface area contributed by atoms with Gasteiger partial charge >= 0.3 is 0 Å². The van der Waals surface area contributed by atoms with Crippen molar-refractivity contribution in [3.63, 3.8) is 0 Å². The normalized spacial score (nSPS) is 20.9. The molecule has 2 atom stereocenters. The maximum absolute atomic E-state index is 10.3. The molecule has 0 spiro atoms. The molecule has 1 aliphatic rings. The van der Waals surface area contributed by atoms with E-state index >= 15 is 0 Å². The molecule has 2 rings (SSSR count). The van der Waals surface area contributed by atoms with Crippen LogP contribution in [0.1, 0.15) is 63.2 Å². The third kappa shape index (κ3) is 5.70. The van der Waals surface area contributed by atoms with Gasteiger partial charge in [-0.15, -0.1) is 0 Å². The third-order valence-corrected chi connectivity index (χ3v) is 3.22. The monoisotopic (exact) mass is 264 g/mol. The first-order chi connectivity index (χ1) is 9.19. The van der Waals surface area contributed by atoms with E-state index in [0.29, 0.717) is 0 Å². The molecular weight excluding hydrogens is 236 g/mol. The van der Waals surface area contributed by atoms with Gasteiger partial charge in [-0.2, -0.15) is 0 Å². The van der Waals surface area contributed by atoms with E-state index in [1.54, 1.807) is 6.20 Å². The van der Waals surface area contributed by atoms with Gasteiger partial charge in [0.2, 0.25) is 0 Å². The van der Waals surface area contributed by atoms with Gasteiger partial charge in [-0.25, -0.2) is 0 Å². The minimum atomic E-state index is -0.425. The van der Waals surface area contributed by atoms with Crippen LogP contribution in [-0.2, 0) is 0 Å². The maximum Gasteiger partial charge on any atom is 0.0957 e. The number of nitrogens with one attached hydrogen (secondary N) is 1. The average molecular weight is 264 g/mol. The van der Waals surface area contributed by atoms with E-state index in [1.165, 1.54) is 25.7 Å². The number of pyridine rings is 1. The highest BCUT2D eigenvalue weighted by atomic mass is 16.3. The van der Waals surface area contributed by atoms with Crippen molar-refractivity contribution in [3.05, 3.63) is 29.6 Å². The van der Waals surface area contributed by atoms with Gasteiger partial charge < -0.3 is 10.4 Å². The summed E-state index contributed by atoms with van der Waals surface area (Å²) in [6.45, 7) is 7.27. The first-order valence-electron chi connectivity index (χ1n) is 7.52. The fourth-order valence-corrected chi connectivity index (χ4v) is 2.30. The molecule has 2 heterocycles. The number of rotatable bonds is 2. The van der Waals surface area contributed by atoms with Crippen LogP contribution in [0.2, 0.25) is 0 Å². The summed E-state index contributed by atoms with van der Waals surface area (Å²) in [5, 5.41) is 13.7. The van der Waals surface area contributed by atoms with Crippen LogP contribution in [0.25, 0.3) is 0 Å². The van der Waals surface area contributed by atoms with Crippen molar-refractivity contribution in [2.45, 2.75) is 65.0 Å². The smallest absolute Gasteiger partial charge is 0.0957 e. The number of hydrogen-bond donors (Lipinski definition) is 2. The van der Waals surface area contributed by atoms with Crippen molar-refractivity contribution in [3.8, 4) is 0 Å². The molecule has 2 N–H and O–H groups in total. The summed E-state index contributed by atoms with van der Waals surface area (Å²) in [7, 11) is 0. The number of aryl methyl sites for hydroxylation is 1. The van der Waals surface area contributed by atoms with Gasteiger partial charge in [-0.1, -0.05) is 39.2 Å². The molecule has 0 bridgehead atoms. The lowest BCUT2D eigenvalue weighted by Crippen LogP contribution is -2.34. The van der Waals surface area contributed by atoms with Crippen molar-refractivity contribution < 1.29 is 5.11 Å². The maximum atomic E-state index is 10.3. The van der Waals surface area contributed by atoms with E-state index < -0.39 is 6.10 Å². The van der Waals surface area contributed by atoms with Crippen molar-refractivity contribution in [1.29, 1.82) is 0 Å². The van der Waals surface area contributed by atoms with Crippen molar-refractivity contribution in [2.24, 2.45) is 0 Å². The predicted molar refractivity (Wildman–Crippen MR) is 80.2 cm³/mol. The first kappa shape index (κ1) is 16.1. The Morgan fingerprint density at radius 2 is 2.05 bits per heavy atom. The van der Waals surface area contributed by atoms with E-state index in [2.05, 4.69) is 24.1 Å². The second-order valence-electron chi connectivity index (χ2n) is 5.36. The van der Waals surface area contributed by atoms with Crippen LogP contribution in [0.5, 0.6) is 0 Å². The summed E-state index contributed by atoms with van der Waals surface area (Å²) in [5.74, 6) is 0. The molecule has 0 saturated carbocycles. The molecule has 1 aromatic heterocycles. The first-order valence-corrected chi connectivity index (χ1v) is 7.52. The molecule has 108 valence electrons. The average Bonchev–Trinajstić information content (AvgIpc) is 2.67. The fourth-order valence-electron chi connectivity index (χ4n) is 2.30. The molecule has 0 aromatic carbocycles. The van der Waals surface area contributed by atoms with E-state index in [0.717, 1.165) is 24.1 Å². The zero-order valence-electron chi connectivity index (χ0n) is 12.5. The van der Waals surface area contributed by atoms with Gasteiger partial charge in [0.1, 0.15) is 0 Å². The Labute approximate surface area is 117 Å². The highest BCUT2D eigenvalue weighted by Crippen LogP contribution is 2.22. The number of nitrogens with zero attached hydrogens (tertiary/aromatic N) is 1. The summed E-state index contributed by atoms with van der Waals surface area (Å²) < 4.78 is 0. The summed E-state index contributed by atoms with van der Waals surface area (Å²) in [5.41, 5.74) is 2.03. The lowest BCUT2D eigenvalue weighted by Gasteiger charge is -2.22. The topological polar surface area (TPSA) is 45.2 Å². The second kappa shape index (κ2) is 9.05. The standard InChI is InChI=1S/C13H20N2O.C3H8/c1-10-7-11(9-14-8-10)13(16)12-5-3-2-4-6-15-12;1-3-2/h7-9,12-13,15-16H,2-6H2,1H3;3H2,1-2H3. The van der Waals surface area contributed by atoms with Gasteiger partial charge in [0.05, 0.1) is 6.10 Å². The van der Waals surface area contributed by atoms with Crippen LogP contribution >= 0.6 is 0 Å². The minimum Gasteiger partial charge on any atom is -0.387 e. The summed E-state index contributed by atoms with van der Waals surface area (Å²) >= 11 is 0.